The van der Waals surface area contributed by atoms with E-state index in [4.69, 9.17) is 18.9 Å². The Bertz CT molecular complexity index is 1880. The van der Waals surface area contributed by atoms with E-state index in [1.54, 1.807) is 0 Å². The van der Waals surface area contributed by atoms with Gasteiger partial charge in [0, 0.05) is 21.5 Å². The Kier molecular flexibility index (Phi) is 7.26. The molecule has 0 aromatic heterocycles. The molecule has 6 aromatic rings. The van der Waals surface area contributed by atoms with Crippen LogP contribution in [0.2, 0.25) is 0 Å². The van der Waals surface area contributed by atoms with E-state index in [1.807, 2.05) is 72.8 Å². The average molecular weight is 555 g/mol. The molecule has 6 rings (SSSR count). The maximum absolute atomic E-state index is 12.1. The summed E-state index contributed by atoms with van der Waals surface area (Å²) < 4.78 is 21.7. The number of fused-ring (bicyclic) bond motifs is 6. The van der Waals surface area contributed by atoms with E-state index in [9.17, 15) is 9.59 Å². The summed E-state index contributed by atoms with van der Waals surface area (Å²) in [5, 5.41) is 7.73. The molecule has 206 valence electrons. The number of hydrogen-bond acceptors (Lipinski definition) is 6. The number of rotatable bonds is 9. The molecule has 0 aliphatic carbocycles. The number of hydrogen-bond donors (Lipinski definition) is 0. The largest absolute Gasteiger partial charge is 0.481 e. The fourth-order valence-corrected chi connectivity index (χ4v) is 5.45. The summed E-state index contributed by atoms with van der Waals surface area (Å²) in [6, 6.07) is 32.2. The predicted octanol–water partition coefficient (Wildman–Crippen LogP) is 8.10. The Balaban J connectivity index is 1.62. The summed E-state index contributed by atoms with van der Waals surface area (Å²) in [5.41, 5.74) is 1.98. The molecule has 0 saturated carbocycles. The minimum Gasteiger partial charge on any atom is -0.481 e. The first-order valence-electron chi connectivity index (χ1n) is 13.3. The van der Waals surface area contributed by atoms with Crippen LogP contribution in [0.1, 0.15) is 0 Å². The Hall–Kier alpha value is -5.62. The fraction of sp³-hybridized carbons (Fsp3) is 0.0556. The summed E-state index contributed by atoms with van der Waals surface area (Å²) in [6.45, 7) is 6.37. The van der Waals surface area contributed by atoms with Crippen LogP contribution in [0, 0.1) is 0 Å². The second-order valence-corrected chi connectivity index (χ2v) is 9.54. The molecule has 0 aliphatic rings. The van der Waals surface area contributed by atoms with Crippen LogP contribution in [0.4, 0.5) is 0 Å². The summed E-state index contributed by atoms with van der Waals surface area (Å²) in [6.07, 6.45) is 2.18. The van der Waals surface area contributed by atoms with Gasteiger partial charge in [-0.2, -0.15) is 0 Å². The van der Waals surface area contributed by atoms with Crippen LogP contribution in [0.15, 0.2) is 123 Å². The number of esters is 2. The van der Waals surface area contributed by atoms with Crippen LogP contribution < -0.4 is 9.47 Å². The molecule has 42 heavy (non-hydrogen) atoms. The van der Waals surface area contributed by atoms with Crippen molar-refractivity contribution in [2.24, 2.45) is 0 Å². The molecule has 0 spiro atoms. The molecule has 0 aliphatic heterocycles. The Morgan fingerprint density at radius 3 is 1.38 bits per heavy atom. The van der Waals surface area contributed by atoms with Gasteiger partial charge >= 0.3 is 11.9 Å². The van der Waals surface area contributed by atoms with E-state index in [0.717, 1.165) is 66.7 Å². The van der Waals surface area contributed by atoms with E-state index < -0.39 is 11.9 Å². The highest BCUT2D eigenvalue weighted by molar-refractivity contribution is 6.22. The minimum absolute atomic E-state index is 0.252. The highest BCUT2D eigenvalue weighted by Gasteiger charge is 2.18. The van der Waals surface area contributed by atoms with Gasteiger partial charge in [-0.25, -0.2) is 9.59 Å². The molecule has 0 radical (unpaired) electrons. The zero-order valence-electron chi connectivity index (χ0n) is 22.7. The van der Waals surface area contributed by atoms with Crippen LogP contribution >= 0.6 is 0 Å². The van der Waals surface area contributed by atoms with E-state index in [0.29, 0.717) is 11.5 Å². The maximum Gasteiger partial charge on any atom is 0.348 e. The first-order chi connectivity index (χ1) is 20.6. The summed E-state index contributed by atoms with van der Waals surface area (Å²) in [5.74, 6) is 0.0720. The lowest BCUT2D eigenvalue weighted by Crippen LogP contribution is -2.12. The van der Waals surface area contributed by atoms with Crippen molar-refractivity contribution in [3.8, 4) is 22.6 Å². The first-order valence-corrected chi connectivity index (χ1v) is 13.3. The molecule has 0 saturated heterocycles. The van der Waals surface area contributed by atoms with Gasteiger partial charge in [0.25, 0.3) is 0 Å². The first kappa shape index (κ1) is 26.6. The highest BCUT2D eigenvalue weighted by Crippen LogP contribution is 2.44. The lowest BCUT2D eigenvalue weighted by atomic mass is 9.88. The number of carbonyl (C=O) groups is 2. The number of carbonyl (C=O) groups excluding carboxylic acids is 2. The summed E-state index contributed by atoms with van der Waals surface area (Å²) in [7, 11) is 0. The molecule has 6 nitrogen and oxygen atoms in total. The van der Waals surface area contributed by atoms with Crippen LogP contribution in [-0.4, -0.2) is 25.2 Å². The standard InChI is InChI=1S/C36H26O6/c1-3-39-33(37)21-41-31-19-23-11-5-7-13-25(23)35-27(15-9-17-29(31)35)28-16-10-18-30-32(42-22-34(38)40-4-2)20-24-12-6-8-14-26(24)36(28)30/h3-20H,1-2,21-22H2. The minimum atomic E-state index is -0.535. The van der Waals surface area contributed by atoms with Gasteiger partial charge in [-0.05, 0) is 44.8 Å². The molecule has 6 aromatic carbocycles. The maximum atomic E-state index is 12.1. The van der Waals surface area contributed by atoms with Crippen LogP contribution in [-0.2, 0) is 19.1 Å². The van der Waals surface area contributed by atoms with Crippen molar-refractivity contribution in [3.63, 3.8) is 0 Å². The second kappa shape index (κ2) is 11.5. The SMILES string of the molecule is C=COC(=O)COc1cc2ccccc2c2c(-c3cccc4c(OCC(=O)OC=C)cc5ccccc5c34)cccc12. The van der Waals surface area contributed by atoms with Crippen LogP contribution in [0.3, 0.4) is 0 Å². The van der Waals surface area contributed by atoms with Gasteiger partial charge in [-0.1, -0.05) is 98.1 Å². The Labute approximate surface area is 242 Å². The zero-order chi connectivity index (χ0) is 29.1. The van der Waals surface area contributed by atoms with Crippen molar-refractivity contribution in [1.29, 1.82) is 0 Å². The molecule has 0 amide bonds. The molecule has 0 N–H and O–H groups in total. The fourth-order valence-electron chi connectivity index (χ4n) is 5.45. The van der Waals surface area contributed by atoms with Gasteiger partial charge in [-0.3, -0.25) is 0 Å². The van der Waals surface area contributed by atoms with Gasteiger partial charge in [0.2, 0.25) is 0 Å². The van der Waals surface area contributed by atoms with E-state index >= 15 is 0 Å². The molecular formula is C36H26O6. The number of benzene rings is 6. The molecule has 6 heteroatoms. The van der Waals surface area contributed by atoms with Crippen LogP contribution in [0.5, 0.6) is 11.5 Å². The van der Waals surface area contributed by atoms with Crippen molar-refractivity contribution < 1.29 is 28.5 Å². The zero-order valence-corrected chi connectivity index (χ0v) is 22.7. The molecular weight excluding hydrogens is 528 g/mol. The second-order valence-electron chi connectivity index (χ2n) is 9.54. The topological polar surface area (TPSA) is 71.1 Å². The predicted molar refractivity (Wildman–Crippen MR) is 165 cm³/mol. The normalized spacial score (nSPS) is 11.0. The van der Waals surface area contributed by atoms with E-state index in [-0.39, 0.29) is 13.2 Å². The summed E-state index contributed by atoms with van der Waals surface area (Å²) >= 11 is 0. The van der Waals surface area contributed by atoms with Crippen molar-refractivity contribution >= 4 is 55.0 Å². The lowest BCUT2D eigenvalue weighted by molar-refractivity contribution is -0.141. The molecule has 0 atom stereocenters. The average Bonchev–Trinajstić information content (AvgIpc) is 3.02. The van der Waals surface area contributed by atoms with Gasteiger partial charge < -0.3 is 18.9 Å². The third kappa shape index (κ3) is 4.90. The monoisotopic (exact) mass is 554 g/mol. The molecule has 0 fully saturated rings. The van der Waals surface area contributed by atoms with E-state index in [2.05, 4.69) is 37.4 Å². The van der Waals surface area contributed by atoms with Crippen molar-refractivity contribution in [2.45, 2.75) is 0 Å². The lowest BCUT2D eigenvalue weighted by Gasteiger charge is -2.18. The third-order valence-electron chi connectivity index (χ3n) is 7.10. The molecule has 0 heterocycles. The van der Waals surface area contributed by atoms with E-state index in [1.165, 1.54) is 0 Å². The number of ether oxygens (including phenoxy) is 4. The quantitative estimate of drug-likeness (QED) is 0.102. The Morgan fingerprint density at radius 2 is 0.952 bits per heavy atom. The highest BCUT2D eigenvalue weighted by atomic mass is 16.6. The van der Waals surface area contributed by atoms with Gasteiger partial charge in [0.1, 0.15) is 11.5 Å². The van der Waals surface area contributed by atoms with Crippen molar-refractivity contribution in [3.05, 3.63) is 123 Å². The van der Waals surface area contributed by atoms with Gasteiger partial charge in [-0.15, -0.1) is 0 Å². The third-order valence-corrected chi connectivity index (χ3v) is 7.10. The van der Waals surface area contributed by atoms with Crippen molar-refractivity contribution in [2.75, 3.05) is 13.2 Å². The summed E-state index contributed by atoms with van der Waals surface area (Å²) in [4.78, 5) is 24.2. The molecule has 0 bridgehead atoms. The van der Waals surface area contributed by atoms with Crippen molar-refractivity contribution in [1.82, 2.24) is 0 Å². The smallest absolute Gasteiger partial charge is 0.348 e. The van der Waals surface area contributed by atoms with Gasteiger partial charge in [0.15, 0.2) is 13.2 Å². The van der Waals surface area contributed by atoms with Crippen LogP contribution in [0.25, 0.3) is 54.2 Å². The molecule has 0 unspecified atom stereocenters. The van der Waals surface area contributed by atoms with Gasteiger partial charge in [0.05, 0.1) is 12.5 Å². The Morgan fingerprint density at radius 1 is 0.548 bits per heavy atom.